The molecule has 0 unspecified atom stereocenters. The van der Waals surface area contributed by atoms with E-state index in [0.717, 1.165) is 28.9 Å². The highest BCUT2D eigenvalue weighted by Gasteiger charge is 2.21. The number of benzene rings is 2. The fourth-order valence-electron chi connectivity index (χ4n) is 3.21. The summed E-state index contributed by atoms with van der Waals surface area (Å²) in [6.07, 6.45) is 3.98. The molecule has 7 heteroatoms. The molecular weight excluding hydrogens is 384 g/mol. The van der Waals surface area contributed by atoms with E-state index in [4.69, 9.17) is 18.6 Å². The molecule has 0 saturated carbocycles. The molecule has 4 rings (SSSR count). The van der Waals surface area contributed by atoms with Gasteiger partial charge in [0.25, 0.3) is 5.89 Å². The van der Waals surface area contributed by atoms with Gasteiger partial charge in [-0.15, -0.1) is 10.2 Å². The van der Waals surface area contributed by atoms with Crippen LogP contribution in [0.5, 0.6) is 11.5 Å². The van der Waals surface area contributed by atoms with Gasteiger partial charge in [-0.1, -0.05) is 18.2 Å². The molecule has 2 aromatic carbocycles. The second-order valence-corrected chi connectivity index (χ2v) is 6.87. The van der Waals surface area contributed by atoms with E-state index in [2.05, 4.69) is 10.2 Å². The maximum Gasteiger partial charge on any atom is 0.331 e. The number of ether oxygens (including phenoxy) is 3. The Morgan fingerprint density at radius 3 is 2.87 bits per heavy atom. The van der Waals surface area contributed by atoms with E-state index >= 15 is 0 Å². The van der Waals surface area contributed by atoms with Gasteiger partial charge in [0, 0.05) is 29.2 Å². The first-order chi connectivity index (χ1) is 14.6. The van der Waals surface area contributed by atoms with E-state index in [1.54, 1.807) is 6.08 Å². The van der Waals surface area contributed by atoms with Gasteiger partial charge in [-0.2, -0.15) is 0 Å². The Bertz CT molecular complexity index is 1060. The van der Waals surface area contributed by atoms with Gasteiger partial charge in [-0.05, 0) is 44.2 Å². The zero-order chi connectivity index (χ0) is 20.9. The summed E-state index contributed by atoms with van der Waals surface area (Å²) in [7, 11) is 0. The van der Waals surface area contributed by atoms with Crippen LogP contribution >= 0.6 is 0 Å². The maximum atomic E-state index is 12.2. The second-order valence-electron chi connectivity index (χ2n) is 6.87. The molecule has 0 aliphatic carbocycles. The van der Waals surface area contributed by atoms with Gasteiger partial charge in [0.1, 0.15) is 17.6 Å². The van der Waals surface area contributed by atoms with Crippen molar-refractivity contribution < 1.29 is 23.4 Å². The normalized spacial score (nSPS) is 15.1. The fraction of sp³-hybridized carbons (Fsp3) is 0.261. The Morgan fingerprint density at radius 1 is 1.23 bits per heavy atom. The number of nitrogens with zero attached hydrogens (tertiary/aromatic N) is 2. The van der Waals surface area contributed by atoms with Crippen LogP contribution in [0.25, 0.3) is 17.5 Å². The van der Waals surface area contributed by atoms with Crippen molar-refractivity contribution in [2.24, 2.45) is 0 Å². The molecule has 1 aromatic heterocycles. The summed E-state index contributed by atoms with van der Waals surface area (Å²) in [6, 6.07) is 13.2. The van der Waals surface area contributed by atoms with E-state index in [0.29, 0.717) is 18.2 Å². The molecule has 0 amide bonds. The van der Waals surface area contributed by atoms with Crippen molar-refractivity contribution in [3.05, 3.63) is 65.6 Å². The SMILES string of the molecule is CCOc1cc2c(cc1/C=C/C(=O)OCc1nnc(-c3ccccc3)o1)O[C@H](C)C2. The van der Waals surface area contributed by atoms with Crippen LogP contribution in [0.2, 0.25) is 0 Å². The van der Waals surface area contributed by atoms with Crippen molar-refractivity contribution in [1.29, 1.82) is 0 Å². The summed E-state index contributed by atoms with van der Waals surface area (Å²) in [5.41, 5.74) is 2.67. The molecule has 0 spiro atoms. The molecule has 0 radical (unpaired) electrons. The van der Waals surface area contributed by atoms with E-state index in [9.17, 15) is 4.79 Å². The number of hydrogen-bond donors (Lipinski definition) is 0. The molecule has 0 saturated heterocycles. The third-order valence-corrected chi connectivity index (χ3v) is 4.55. The zero-order valence-electron chi connectivity index (χ0n) is 16.8. The van der Waals surface area contributed by atoms with Gasteiger partial charge in [-0.25, -0.2) is 4.79 Å². The standard InChI is InChI=1S/C23H22N2O5/c1-3-27-19-13-18-11-15(2)29-20(18)12-17(19)9-10-22(26)28-14-21-24-25-23(30-21)16-7-5-4-6-8-16/h4-10,12-13,15H,3,11,14H2,1-2H3/b10-9+/t15-/m1/s1. The first-order valence-corrected chi connectivity index (χ1v) is 9.81. The smallest absolute Gasteiger partial charge is 0.331 e. The maximum absolute atomic E-state index is 12.2. The Labute approximate surface area is 174 Å². The van der Waals surface area contributed by atoms with Crippen LogP contribution in [0.4, 0.5) is 0 Å². The lowest BCUT2D eigenvalue weighted by atomic mass is 10.1. The van der Waals surface area contributed by atoms with Crippen LogP contribution in [-0.4, -0.2) is 28.9 Å². The van der Waals surface area contributed by atoms with E-state index in [-0.39, 0.29) is 18.6 Å². The molecule has 7 nitrogen and oxygen atoms in total. The minimum absolute atomic E-state index is 0.105. The van der Waals surface area contributed by atoms with Gasteiger partial charge in [0.15, 0.2) is 6.61 Å². The highest BCUT2D eigenvalue weighted by molar-refractivity contribution is 5.87. The van der Waals surface area contributed by atoms with Crippen molar-refractivity contribution in [1.82, 2.24) is 10.2 Å². The first kappa shape index (κ1) is 19.7. The van der Waals surface area contributed by atoms with Crippen molar-refractivity contribution in [2.75, 3.05) is 6.61 Å². The summed E-state index contributed by atoms with van der Waals surface area (Å²) in [4.78, 5) is 12.2. The van der Waals surface area contributed by atoms with Crippen molar-refractivity contribution >= 4 is 12.0 Å². The van der Waals surface area contributed by atoms with Crippen LogP contribution in [0.1, 0.15) is 30.9 Å². The number of aromatic nitrogens is 2. The van der Waals surface area contributed by atoms with Gasteiger partial charge in [0.2, 0.25) is 5.89 Å². The summed E-state index contributed by atoms with van der Waals surface area (Å²) in [6.45, 7) is 4.36. The van der Waals surface area contributed by atoms with E-state index in [1.807, 2.05) is 56.3 Å². The van der Waals surface area contributed by atoms with Crippen LogP contribution < -0.4 is 9.47 Å². The molecule has 0 fully saturated rings. The lowest BCUT2D eigenvalue weighted by Gasteiger charge is -2.10. The van der Waals surface area contributed by atoms with Crippen LogP contribution in [0.15, 0.2) is 53.0 Å². The molecule has 3 aromatic rings. The lowest BCUT2D eigenvalue weighted by molar-refractivity contribution is -0.139. The van der Waals surface area contributed by atoms with Crippen LogP contribution in [-0.2, 0) is 22.6 Å². The number of esters is 1. The van der Waals surface area contributed by atoms with Crippen molar-refractivity contribution in [3.63, 3.8) is 0 Å². The Kier molecular flexibility index (Phi) is 5.79. The highest BCUT2D eigenvalue weighted by Crippen LogP contribution is 2.35. The number of carbonyl (C=O) groups is 1. The minimum Gasteiger partial charge on any atom is -0.493 e. The molecule has 1 atom stereocenters. The quantitative estimate of drug-likeness (QED) is 0.429. The van der Waals surface area contributed by atoms with Crippen molar-refractivity contribution in [2.45, 2.75) is 33.0 Å². The number of fused-ring (bicyclic) bond motifs is 1. The fourth-order valence-corrected chi connectivity index (χ4v) is 3.21. The average Bonchev–Trinajstić information content (AvgIpc) is 3.37. The van der Waals surface area contributed by atoms with Crippen molar-refractivity contribution in [3.8, 4) is 23.0 Å². The van der Waals surface area contributed by atoms with Gasteiger partial charge in [0.05, 0.1) is 6.61 Å². The third kappa shape index (κ3) is 4.51. The molecule has 0 bridgehead atoms. The summed E-state index contributed by atoms with van der Waals surface area (Å²) < 4.78 is 22.3. The first-order valence-electron chi connectivity index (χ1n) is 9.81. The zero-order valence-corrected chi connectivity index (χ0v) is 16.8. The van der Waals surface area contributed by atoms with Gasteiger partial charge < -0.3 is 18.6 Å². The average molecular weight is 406 g/mol. The predicted molar refractivity (Wildman–Crippen MR) is 110 cm³/mol. The Balaban J connectivity index is 1.40. The topological polar surface area (TPSA) is 83.7 Å². The van der Waals surface area contributed by atoms with Gasteiger partial charge >= 0.3 is 5.97 Å². The lowest BCUT2D eigenvalue weighted by Crippen LogP contribution is -2.05. The largest absolute Gasteiger partial charge is 0.493 e. The molecule has 30 heavy (non-hydrogen) atoms. The number of hydrogen-bond acceptors (Lipinski definition) is 7. The third-order valence-electron chi connectivity index (χ3n) is 4.55. The molecule has 2 heterocycles. The van der Waals surface area contributed by atoms with Crippen LogP contribution in [0, 0.1) is 0 Å². The molecule has 0 N–H and O–H groups in total. The number of rotatable bonds is 7. The summed E-state index contributed by atoms with van der Waals surface area (Å²) in [5, 5.41) is 7.89. The summed E-state index contributed by atoms with van der Waals surface area (Å²) in [5.74, 6) is 1.61. The molecule has 154 valence electrons. The molecule has 1 aliphatic rings. The monoisotopic (exact) mass is 406 g/mol. The predicted octanol–water partition coefficient (Wildman–Crippen LogP) is 4.22. The van der Waals surface area contributed by atoms with Gasteiger partial charge in [-0.3, -0.25) is 0 Å². The number of carbonyl (C=O) groups excluding carboxylic acids is 1. The molecular formula is C23H22N2O5. The Hall–Kier alpha value is -3.61. The minimum atomic E-state index is -0.522. The highest BCUT2D eigenvalue weighted by atomic mass is 16.5. The summed E-state index contributed by atoms with van der Waals surface area (Å²) >= 11 is 0. The van der Waals surface area contributed by atoms with Crippen LogP contribution in [0.3, 0.4) is 0 Å². The molecule has 1 aliphatic heterocycles. The van der Waals surface area contributed by atoms with E-state index < -0.39 is 5.97 Å². The Morgan fingerprint density at radius 2 is 2.07 bits per heavy atom. The van der Waals surface area contributed by atoms with E-state index in [1.165, 1.54) is 6.08 Å². The second kappa shape index (κ2) is 8.82.